The highest BCUT2D eigenvalue weighted by molar-refractivity contribution is 9.10. The van der Waals surface area contributed by atoms with Gasteiger partial charge in [-0.15, -0.1) is 0 Å². The number of primary amides is 1. The summed E-state index contributed by atoms with van der Waals surface area (Å²) in [6.07, 6.45) is 0. The third-order valence-corrected chi connectivity index (χ3v) is 2.67. The number of rotatable bonds is 6. The Morgan fingerprint density at radius 2 is 2.12 bits per heavy atom. The molecule has 5 heteroatoms. The molecule has 1 aromatic rings. The van der Waals surface area contributed by atoms with Gasteiger partial charge >= 0.3 is 0 Å². The molecule has 4 nitrogen and oxygen atoms in total. The molecule has 0 spiro atoms. The molecule has 0 aromatic heterocycles. The number of benzene rings is 1. The summed E-state index contributed by atoms with van der Waals surface area (Å²) in [4.78, 5) is 11.0. The van der Waals surface area contributed by atoms with E-state index in [4.69, 9.17) is 10.5 Å². The van der Waals surface area contributed by atoms with Crippen LogP contribution in [0.15, 0.2) is 28.7 Å². The van der Waals surface area contributed by atoms with Crippen LogP contribution in [0, 0.1) is 0 Å². The number of ether oxygens (including phenoxy) is 1. The second kappa shape index (κ2) is 6.62. The minimum absolute atomic E-state index is 0.284. The van der Waals surface area contributed by atoms with Gasteiger partial charge in [0.15, 0.2) is 0 Å². The molecule has 0 saturated carbocycles. The zero-order chi connectivity index (χ0) is 12.0. The van der Waals surface area contributed by atoms with E-state index in [0.29, 0.717) is 6.54 Å². The SMILES string of the molecule is COCC(NCc1ccc(Br)cc1)C(N)=O. The number of halogens is 1. The standard InChI is InChI=1S/C11H15BrN2O2/c1-16-7-10(11(13)15)14-6-8-2-4-9(12)5-3-8/h2-5,10,14H,6-7H2,1H3,(H2,13,15). The quantitative estimate of drug-likeness (QED) is 0.821. The molecule has 0 heterocycles. The maximum absolute atomic E-state index is 11.0. The molecule has 0 aliphatic heterocycles. The lowest BCUT2D eigenvalue weighted by atomic mass is 10.2. The highest BCUT2D eigenvalue weighted by Gasteiger charge is 2.13. The van der Waals surface area contributed by atoms with Crippen molar-refractivity contribution in [1.29, 1.82) is 0 Å². The van der Waals surface area contributed by atoms with E-state index in [1.54, 1.807) is 0 Å². The molecule has 3 N–H and O–H groups in total. The van der Waals surface area contributed by atoms with Crippen molar-refractivity contribution in [2.24, 2.45) is 5.73 Å². The molecule has 0 bridgehead atoms. The van der Waals surface area contributed by atoms with Gasteiger partial charge in [0.25, 0.3) is 0 Å². The Hall–Kier alpha value is -0.910. The summed E-state index contributed by atoms with van der Waals surface area (Å²) in [5, 5.41) is 3.04. The third-order valence-electron chi connectivity index (χ3n) is 2.14. The van der Waals surface area contributed by atoms with Crippen LogP contribution in [0.5, 0.6) is 0 Å². The van der Waals surface area contributed by atoms with E-state index in [-0.39, 0.29) is 6.61 Å². The molecule has 0 radical (unpaired) electrons. The van der Waals surface area contributed by atoms with Crippen LogP contribution in [-0.2, 0) is 16.1 Å². The topological polar surface area (TPSA) is 64.3 Å². The van der Waals surface area contributed by atoms with Gasteiger partial charge in [-0.25, -0.2) is 0 Å². The zero-order valence-corrected chi connectivity index (χ0v) is 10.7. The second-order valence-corrected chi connectivity index (χ2v) is 4.33. The Kier molecular flexibility index (Phi) is 5.45. The largest absolute Gasteiger partial charge is 0.383 e. The number of carbonyl (C=O) groups excluding carboxylic acids is 1. The first-order chi connectivity index (χ1) is 7.63. The maximum atomic E-state index is 11.0. The van der Waals surface area contributed by atoms with Crippen LogP contribution in [0.25, 0.3) is 0 Å². The number of nitrogens with two attached hydrogens (primary N) is 1. The fraction of sp³-hybridized carbons (Fsp3) is 0.364. The summed E-state index contributed by atoms with van der Waals surface area (Å²) in [6, 6.07) is 7.40. The smallest absolute Gasteiger partial charge is 0.236 e. The monoisotopic (exact) mass is 286 g/mol. The predicted octanol–water partition coefficient (Wildman–Crippen LogP) is 1.04. The van der Waals surface area contributed by atoms with E-state index in [0.717, 1.165) is 10.0 Å². The fourth-order valence-corrected chi connectivity index (χ4v) is 1.52. The fourth-order valence-electron chi connectivity index (χ4n) is 1.25. The van der Waals surface area contributed by atoms with Crippen LogP contribution >= 0.6 is 15.9 Å². The van der Waals surface area contributed by atoms with E-state index in [9.17, 15) is 4.79 Å². The molecule has 1 unspecified atom stereocenters. The number of nitrogens with one attached hydrogen (secondary N) is 1. The molecular formula is C11H15BrN2O2. The van der Waals surface area contributed by atoms with Gasteiger partial charge in [0.05, 0.1) is 6.61 Å². The predicted molar refractivity (Wildman–Crippen MR) is 65.8 cm³/mol. The average Bonchev–Trinajstić information content (AvgIpc) is 2.26. The van der Waals surface area contributed by atoms with Crippen LogP contribution in [0.2, 0.25) is 0 Å². The summed E-state index contributed by atoms with van der Waals surface area (Å²) in [5.74, 6) is -0.404. The van der Waals surface area contributed by atoms with Crippen molar-refractivity contribution in [2.75, 3.05) is 13.7 Å². The summed E-state index contributed by atoms with van der Waals surface area (Å²) < 4.78 is 5.93. The van der Waals surface area contributed by atoms with Gasteiger partial charge in [0.1, 0.15) is 6.04 Å². The van der Waals surface area contributed by atoms with Gasteiger partial charge in [-0.1, -0.05) is 28.1 Å². The first kappa shape index (κ1) is 13.2. The number of methoxy groups -OCH3 is 1. The first-order valence-corrected chi connectivity index (χ1v) is 5.69. The highest BCUT2D eigenvalue weighted by Crippen LogP contribution is 2.10. The molecule has 0 aliphatic carbocycles. The molecule has 1 atom stereocenters. The Bertz CT molecular complexity index is 340. The summed E-state index contributed by atoms with van der Waals surface area (Å²) in [7, 11) is 1.54. The molecular weight excluding hydrogens is 272 g/mol. The van der Waals surface area contributed by atoms with E-state index in [1.807, 2.05) is 24.3 Å². The minimum Gasteiger partial charge on any atom is -0.383 e. The third kappa shape index (κ3) is 4.30. The summed E-state index contributed by atoms with van der Waals surface area (Å²) in [6.45, 7) is 0.871. The zero-order valence-electron chi connectivity index (χ0n) is 9.07. The maximum Gasteiger partial charge on any atom is 0.236 e. The Labute approximate surface area is 103 Å². The molecule has 1 amide bonds. The number of hydrogen-bond donors (Lipinski definition) is 2. The van der Waals surface area contributed by atoms with Gasteiger partial charge in [-0.2, -0.15) is 0 Å². The Morgan fingerprint density at radius 3 is 2.62 bits per heavy atom. The van der Waals surface area contributed by atoms with Crippen molar-refractivity contribution in [3.05, 3.63) is 34.3 Å². The minimum atomic E-state index is -0.450. The van der Waals surface area contributed by atoms with Gasteiger partial charge < -0.3 is 10.5 Å². The van der Waals surface area contributed by atoms with Crippen molar-refractivity contribution >= 4 is 21.8 Å². The molecule has 1 rings (SSSR count). The average molecular weight is 287 g/mol. The molecule has 88 valence electrons. The van der Waals surface area contributed by atoms with Crippen molar-refractivity contribution in [3.8, 4) is 0 Å². The van der Waals surface area contributed by atoms with E-state index in [2.05, 4.69) is 21.2 Å². The van der Waals surface area contributed by atoms with Crippen molar-refractivity contribution < 1.29 is 9.53 Å². The van der Waals surface area contributed by atoms with Crippen molar-refractivity contribution in [3.63, 3.8) is 0 Å². The Balaban J connectivity index is 2.48. The van der Waals surface area contributed by atoms with Crippen LogP contribution in [0.4, 0.5) is 0 Å². The van der Waals surface area contributed by atoms with Crippen molar-refractivity contribution in [1.82, 2.24) is 5.32 Å². The lowest BCUT2D eigenvalue weighted by Gasteiger charge is -2.14. The van der Waals surface area contributed by atoms with Crippen LogP contribution in [0.3, 0.4) is 0 Å². The second-order valence-electron chi connectivity index (χ2n) is 3.42. The lowest BCUT2D eigenvalue weighted by molar-refractivity contribution is -0.121. The van der Waals surface area contributed by atoms with Crippen LogP contribution in [-0.4, -0.2) is 25.7 Å². The summed E-state index contributed by atoms with van der Waals surface area (Å²) >= 11 is 3.36. The van der Waals surface area contributed by atoms with E-state index in [1.165, 1.54) is 7.11 Å². The van der Waals surface area contributed by atoms with Crippen LogP contribution < -0.4 is 11.1 Å². The van der Waals surface area contributed by atoms with E-state index < -0.39 is 11.9 Å². The first-order valence-electron chi connectivity index (χ1n) is 4.89. The number of hydrogen-bond acceptors (Lipinski definition) is 3. The number of carbonyl (C=O) groups is 1. The van der Waals surface area contributed by atoms with Gasteiger partial charge in [-0.3, -0.25) is 10.1 Å². The summed E-state index contributed by atoms with van der Waals surface area (Å²) in [5.41, 5.74) is 6.31. The van der Waals surface area contributed by atoms with Crippen LogP contribution in [0.1, 0.15) is 5.56 Å². The van der Waals surface area contributed by atoms with E-state index >= 15 is 0 Å². The number of amides is 1. The lowest BCUT2D eigenvalue weighted by Crippen LogP contribution is -2.44. The van der Waals surface area contributed by atoms with Crippen molar-refractivity contribution in [2.45, 2.75) is 12.6 Å². The normalized spacial score (nSPS) is 12.4. The molecule has 1 aromatic carbocycles. The molecule has 0 fully saturated rings. The molecule has 0 aliphatic rings. The van der Waals surface area contributed by atoms with Gasteiger partial charge in [0, 0.05) is 18.1 Å². The highest BCUT2D eigenvalue weighted by atomic mass is 79.9. The Morgan fingerprint density at radius 1 is 1.50 bits per heavy atom. The molecule has 0 saturated heterocycles. The molecule has 16 heavy (non-hydrogen) atoms. The van der Waals surface area contributed by atoms with Gasteiger partial charge in [-0.05, 0) is 17.7 Å². The van der Waals surface area contributed by atoms with Gasteiger partial charge in [0.2, 0.25) is 5.91 Å².